The molecule has 0 saturated carbocycles. The first-order valence-corrected chi connectivity index (χ1v) is 4.84. The van der Waals surface area contributed by atoms with Crippen LogP contribution in [0.15, 0.2) is 35.4 Å². The summed E-state index contributed by atoms with van der Waals surface area (Å²) in [4.78, 5) is 2.83. The number of nitrogens with zero attached hydrogens (tertiary/aromatic N) is 3. The number of rotatable bonds is 1. The van der Waals surface area contributed by atoms with Gasteiger partial charge in [-0.25, -0.2) is 0 Å². The molecule has 2 rings (SSSR count). The summed E-state index contributed by atoms with van der Waals surface area (Å²) < 4.78 is 0. The molecule has 15 heavy (non-hydrogen) atoms. The van der Waals surface area contributed by atoms with E-state index in [-0.39, 0.29) is 0 Å². The second kappa shape index (κ2) is 3.81. The van der Waals surface area contributed by atoms with Crippen molar-refractivity contribution in [1.82, 2.24) is 0 Å². The summed E-state index contributed by atoms with van der Waals surface area (Å²) in [5.41, 5.74) is 10.1. The van der Waals surface area contributed by atoms with E-state index < -0.39 is 0 Å². The van der Waals surface area contributed by atoms with Crippen molar-refractivity contribution >= 4 is 28.1 Å². The predicted octanol–water partition coefficient (Wildman–Crippen LogP) is 4.74. The van der Waals surface area contributed by atoms with Crippen LogP contribution >= 0.6 is 11.6 Å². The molecule has 0 fully saturated rings. The van der Waals surface area contributed by atoms with E-state index in [0.29, 0.717) is 10.7 Å². The van der Waals surface area contributed by atoms with Crippen LogP contribution in [-0.4, -0.2) is 0 Å². The molecule has 0 heterocycles. The van der Waals surface area contributed by atoms with Crippen LogP contribution in [0.1, 0.15) is 5.56 Å². The van der Waals surface area contributed by atoms with Crippen molar-refractivity contribution in [1.29, 1.82) is 0 Å². The fraction of sp³-hybridized carbons (Fsp3) is 0.0909. The van der Waals surface area contributed by atoms with Gasteiger partial charge < -0.3 is 0 Å². The molecule has 0 unspecified atom stereocenters. The van der Waals surface area contributed by atoms with Gasteiger partial charge in [0.25, 0.3) is 0 Å². The van der Waals surface area contributed by atoms with Gasteiger partial charge >= 0.3 is 0 Å². The van der Waals surface area contributed by atoms with Gasteiger partial charge in [0.15, 0.2) is 0 Å². The normalized spacial score (nSPS) is 10.0. The van der Waals surface area contributed by atoms with E-state index in [9.17, 15) is 0 Å². The number of fused-ring (bicyclic) bond motifs is 1. The zero-order valence-corrected chi connectivity index (χ0v) is 8.86. The summed E-state index contributed by atoms with van der Waals surface area (Å²) in [7, 11) is 0. The smallest absolute Gasteiger partial charge is 0.0483 e. The van der Waals surface area contributed by atoms with Gasteiger partial charge in [-0.3, -0.25) is 0 Å². The predicted molar refractivity (Wildman–Crippen MR) is 62.5 cm³/mol. The Kier molecular flexibility index (Phi) is 2.50. The molecule has 0 N–H and O–H groups in total. The largest absolute Gasteiger partial charge is 0.0843 e. The first-order valence-electron chi connectivity index (χ1n) is 4.46. The molecule has 0 aliphatic heterocycles. The molecule has 0 atom stereocenters. The van der Waals surface area contributed by atoms with E-state index in [2.05, 4.69) is 10.0 Å². The summed E-state index contributed by atoms with van der Waals surface area (Å²) in [6.45, 7) is 1.91. The molecule has 0 aromatic heterocycles. The van der Waals surface area contributed by atoms with E-state index in [1.165, 1.54) is 0 Å². The van der Waals surface area contributed by atoms with E-state index in [1.54, 1.807) is 0 Å². The molecule has 0 spiro atoms. The maximum absolute atomic E-state index is 8.50. The van der Waals surface area contributed by atoms with Gasteiger partial charge in [-0.2, -0.15) is 0 Å². The van der Waals surface area contributed by atoms with Crippen molar-refractivity contribution in [3.8, 4) is 0 Å². The van der Waals surface area contributed by atoms with E-state index in [4.69, 9.17) is 17.1 Å². The molecule has 74 valence electrons. The lowest BCUT2D eigenvalue weighted by molar-refractivity contribution is 1.41. The van der Waals surface area contributed by atoms with E-state index in [0.717, 1.165) is 16.3 Å². The van der Waals surface area contributed by atoms with Crippen molar-refractivity contribution in [2.75, 3.05) is 0 Å². The Morgan fingerprint density at radius 2 is 2.00 bits per heavy atom. The Hall–Kier alpha value is -1.70. The Bertz CT molecular complexity index is 566. The highest BCUT2D eigenvalue weighted by molar-refractivity contribution is 6.31. The minimum atomic E-state index is 0.641. The summed E-state index contributed by atoms with van der Waals surface area (Å²) >= 11 is 5.91. The fourth-order valence-corrected chi connectivity index (χ4v) is 1.73. The minimum absolute atomic E-state index is 0.641. The number of hydrogen-bond donors (Lipinski definition) is 0. The number of aryl methyl sites for hydroxylation is 1. The molecule has 0 bridgehead atoms. The highest BCUT2D eigenvalue weighted by Gasteiger charge is 2.03. The molecule has 0 aliphatic rings. The molecule has 3 nitrogen and oxygen atoms in total. The van der Waals surface area contributed by atoms with Crippen LogP contribution in [0.4, 0.5) is 5.69 Å². The lowest BCUT2D eigenvalue weighted by Crippen LogP contribution is -1.78. The summed E-state index contributed by atoms with van der Waals surface area (Å²) in [6, 6.07) is 9.46. The molecular formula is C11H8ClN3. The molecule has 0 aliphatic carbocycles. The van der Waals surface area contributed by atoms with Gasteiger partial charge in [0.05, 0.1) is 0 Å². The zero-order chi connectivity index (χ0) is 10.8. The number of halogens is 1. The quantitative estimate of drug-likeness (QED) is 0.376. The van der Waals surface area contributed by atoms with Crippen molar-refractivity contribution in [3.63, 3.8) is 0 Å². The van der Waals surface area contributed by atoms with Gasteiger partial charge in [-0.1, -0.05) is 34.9 Å². The average molecular weight is 218 g/mol. The molecule has 0 radical (unpaired) electrons. The monoisotopic (exact) mass is 217 g/mol. The van der Waals surface area contributed by atoms with Crippen LogP contribution in [0, 0.1) is 6.92 Å². The summed E-state index contributed by atoms with van der Waals surface area (Å²) in [6.07, 6.45) is 0. The Morgan fingerprint density at radius 1 is 1.27 bits per heavy atom. The van der Waals surface area contributed by atoms with Crippen molar-refractivity contribution < 1.29 is 0 Å². The average Bonchev–Trinajstić information content (AvgIpc) is 2.23. The second-order valence-electron chi connectivity index (χ2n) is 3.29. The maximum atomic E-state index is 8.50. The van der Waals surface area contributed by atoms with Crippen LogP contribution in [0.2, 0.25) is 5.02 Å². The highest BCUT2D eigenvalue weighted by Crippen LogP contribution is 2.31. The molecule has 0 saturated heterocycles. The Balaban J connectivity index is 2.90. The van der Waals surface area contributed by atoms with Gasteiger partial charge in [0.1, 0.15) is 0 Å². The Labute approximate surface area is 91.9 Å². The van der Waals surface area contributed by atoms with E-state index in [1.807, 2.05) is 37.3 Å². The van der Waals surface area contributed by atoms with Crippen LogP contribution in [0.25, 0.3) is 21.2 Å². The fourth-order valence-electron chi connectivity index (χ4n) is 1.56. The number of hydrogen-bond acceptors (Lipinski definition) is 1. The number of benzene rings is 2. The molecule has 4 heteroatoms. The zero-order valence-electron chi connectivity index (χ0n) is 8.11. The highest BCUT2D eigenvalue weighted by atomic mass is 35.5. The van der Waals surface area contributed by atoms with Gasteiger partial charge in [-0.15, -0.1) is 0 Å². The number of azide groups is 1. The lowest BCUT2D eigenvalue weighted by Gasteiger charge is -2.05. The first-order chi connectivity index (χ1) is 7.22. The van der Waals surface area contributed by atoms with Crippen LogP contribution in [-0.2, 0) is 0 Å². The van der Waals surface area contributed by atoms with Crippen molar-refractivity contribution in [2.45, 2.75) is 6.92 Å². The third kappa shape index (κ3) is 1.75. The van der Waals surface area contributed by atoms with Crippen LogP contribution in [0.5, 0.6) is 0 Å². The van der Waals surface area contributed by atoms with Crippen LogP contribution < -0.4 is 0 Å². The summed E-state index contributed by atoms with van der Waals surface area (Å²) in [5.74, 6) is 0. The van der Waals surface area contributed by atoms with Crippen LogP contribution in [0.3, 0.4) is 0 Å². The third-order valence-corrected chi connectivity index (χ3v) is 2.54. The minimum Gasteiger partial charge on any atom is -0.0843 e. The lowest BCUT2D eigenvalue weighted by atomic mass is 10.1. The third-order valence-electron chi connectivity index (χ3n) is 2.30. The second-order valence-corrected chi connectivity index (χ2v) is 3.72. The van der Waals surface area contributed by atoms with Gasteiger partial charge in [-0.05, 0) is 40.9 Å². The Morgan fingerprint density at radius 3 is 2.73 bits per heavy atom. The molecule has 2 aromatic carbocycles. The van der Waals surface area contributed by atoms with Crippen molar-refractivity contribution in [2.24, 2.45) is 5.11 Å². The molecule has 2 aromatic rings. The van der Waals surface area contributed by atoms with Gasteiger partial charge in [0.2, 0.25) is 0 Å². The molecular weight excluding hydrogens is 210 g/mol. The maximum Gasteiger partial charge on any atom is 0.0483 e. The topological polar surface area (TPSA) is 48.8 Å². The SMILES string of the molecule is Cc1ccc2ccc(Cl)cc2c1N=[N+]=[N-]. The molecule has 0 amide bonds. The standard InChI is InChI=1S/C11H8ClN3/c1-7-2-3-8-4-5-9(12)6-10(8)11(7)14-15-13/h2-6H,1H3. The van der Waals surface area contributed by atoms with E-state index >= 15 is 0 Å². The summed E-state index contributed by atoms with van der Waals surface area (Å²) in [5, 5.41) is 6.25. The van der Waals surface area contributed by atoms with Crippen molar-refractivity contribution in [3.05, 3.63) is 51.4 Å². The van der Waals surface area contributed by atoms with Gasteiger partial charge in [0, 0.05) is 15.6 Å². The first kappa shape index (κ1) is 9.84.